The van der Waals surface area contributed by atoms with Crippen LogP contribution in [0.25, 0.3) is 0 Å². The Bertz CT molecular complexity index is 1880. The van der Waals surface area contributed by atoms with Crippen LogP contribution in [0.1, 0.15) is 210 Å². The van der Waals surface area contributed by atoms with Crippen molar-refractivity contribution in [3.8, 4) is 23.0 Å². The second kappa shape index (κ2) is 16.5. The molecule has 0 unspecified atom stereocenters. The first-order valence-corrected chi connectivity index (χ1v) is 21.8. The van der Waals surface area contributed by atoms with E-state index < -0.39 is 11.8 Å². The van der Waals surface area contributed by atoms with Crippen molar-refractivity contribution in [1.82, 2.24) is 0 Å². The SMILES string of the molecule is CCc1cc(C(c2cc(CC)cc(C(C)(C)C)c2O)C(c2cc(C)cc(C3CCCCC3)c2O)c2cc(C)cc(C3CCCCC3)c2O)c(O)c(C(C)(C)C)c1. The monoisotopic (exact) mass is 759 g/mol. The molecule has 2 aliphatic rings. The fraction of sp³-hybridized carbons (Fsp3) is 0.538. The van der Waals surface area contributed by atoms with Gasteiger partial charge >= 0.3 is 0 Å². The van der Waals surface area contributed by atoms with E-state index in [0.717, 1.165) is 120 Å². The first-order chi connectivity index (χ1) is 26.4. The zero-order valence-electron chi connectivity index (χ0n) is 36.2. The molecule has 0 radical (unpaired) electrons. The summed E-state index contributed by atoms with van der Waals surface area (Å²) < 4.78 is 0. The van der Waals surface area contributed by atoms with Gasteiger partial charge in [0.15, 0.2) is 0 Å². The zero-order chi connectivity index (χ0) is 40.7. The lowest BCUT2D eigenvalue weighted by Crippen LogP contribution is -2.21. The molecule has 0 aromatic heterocycles. The summed E-state index contributed by atoms with van der Waals surface area (Å²) in [6.07, 6.45) is 12.7. The van der Waals surface area contributed by atoms with Gasteiger partial charge in [-0.2, -0.15) is 0 Å². The first kappa shape index (κ1) is 41.7. The smallest absolute Gasteiger partial charge is 0.123 e. The summed E-state index contributed by atoms with van der Waals surface area (Å²) >= 11 is 0. The lowest BCUT2D eigenvalue weighted by Gasteiger charge is -2.36. The maximum Gasteiger partial charge on any atom is 0.123 e. The van der Waals surface area contributed by atoms with Gasteiger partial charge in [-0.25, -0.2) is 0 Å². The molecule has 0 saturated heterocycles. The van der Waals surface area contributed by atoms with E-state index in [4.69, 9.17) is 0 Å². The maximum absolute atomic E-state index is 12.8. The van der Waals surface area contributed by atoms with Gasteiger partial charge < -0.3 is 20.4 Å². The predicted molar refractivity (Wildman–Crippen MR) is 233 cm³/mol. The highest BCUT2D eigenvalue weighted by Gasteiger charge is 2.40. The highest BCUT2D eigenvalue weighted by atomic mass is 16.3. The van der Waals surface area contributed by atoms with Crippen molar-refractivity contribution in [2.24, 2.45) is 0 Å². The van der Waals surface area contributed by atoms with Gasteiger partial charge in [0.2, 0.25) is 0 Å². The second-order valence-electron chi connectivity index (χ2n) is 19.6. The molecule has 4 aromatic carbocycles. The van der Waals surface area contributed by atoms with Crippen molar-refractivity contribution in [3.63, 3.8) is 0 Å². The van der Waals surface area contributed by atoms with Gasteiger partial charge in [-0.05, 0) is 108 Å². The highest BCUT2D eigenvalue weighted by molar-refractivity contribution is 5.64. The Morgan fingerprint density at radius 2 is 0.786 bits per heavy atom. The molecule has 0 bridgehead atoms. The number of rotatable bonds is 9. The molecule has 0 heterocycles. The molecule has 0 atom stereocenters. The summed E-state index contributed by atoms with van der Waals surface area (Å²) in [5, 5.41) is 51.1. The largest absolute Gasteiger partial charge is 0.507 e. The third-order valence-electron chi connectivity index (χ3n) is 13.2. The molecule has 4 nitrogen and oxygen atoms in total. The molecule has 2 saturated carbocycles. The molecular formula is C52H70O4. The van der Waals surface area contributed by atoms with Crippen molar-refractivity contribution >= 4 is 0 Å². The number of aromatic hydroxyl groups is 4. The fourth-order valence-corrected chi connectivity index (χ4v) is 10.1. The van der Waals surface area contributed by atoms with Crippen LogP contribution in [-0.2, 0) is 23.7 Å². The Hall–Kier alpha value is -3.92. The van der Waals surface area contributed by atoms with Gasteiger partial charge in [-0.15, -0.1) is 0 Å². The third kappa shape index (κ3) is 8.37. The predicted octanol–water partition coefficient (Wildman–Crippen LogP) is 13.9. The summed E-state index contributed by atoms with van der Waals surface area (Å²) in [5.74, 6) is 0.178. The number of phenolic OH excluding ortho intramolecular Hbond substituents is 4. The van der Waals surface area contributed by atoms with Gasteiger partial charge in [-0.1, -0.05) is 154 Å². The number of aryl methyl sites for hydroxylation is 4. The van der Waals surface area contributed by atoms with Crippen LogP contribution in [0.2, 0.25) is 0 Å². The van der Waals surface area contributed by atoms with Crippen LogP contribution in [0.15, 0.2) is 48.5 Å². The molecule has 0 spiro atoms. The van der Waals surface area contributed by atoms with E-state index in [0.29, 0.717) is 11.1 Å². The van der Waals surface area contributed by atoms with Crippen molar-refractivity contribution in [2.75, 3.05) is 0 Å². The Morgan fingerprint density at radius 1 is 0.464 bits per heavy atom. The molecule has 302 valence electrons. The van der Waals surface area contributed by atoms with E-state index in [2.05, 4.69) is 118 Å². The first-order valence-electron chi connectivity index (χ1n) is 21.8. The molecule has 4 N–H and O–H groups in total. The van der Waals surface area contributed by atoms with Gasteiger partial charge in [0.1, 0.15) is 23.0 Å². The minimum Gasteiger partial charge on any atom is -0.507 e. The van der Waals surface area contributed by atoms with Gasteiger partial charge in [0.25, 0.3) is 0 Å². The van der Waals surface area contributed by atoms with E-state index in [1.165, 1.54) is 12.8 Å². The van der Waals surface area contributed by atoms with E-state index in [-0.39, 0.29) is 45.7 Å². The van der Waals surface area contributed by atoms with Crippen molar-refractivity contribution < 1.29 is 20.4 Å². The molecule has 4 aromatic rings. The summed E-state index contributed by atoms with van der Waals surface area (Å²) in [6, 6.07) is 17.1. The third-order valence-corrected chi connectivity index (χ3v) is 13.2. The Balaban J connectivity index is 1.81. The average molecular weight is 759 g/mol. The van der Waals surface area contributed by atoms with Crippen molar-refractivity contribution in [3.05, 3.63) is 115 Å². The van der Waals surface area contributed by atoms with Crippen LogP contribution < -0.4 is 0 Å². The van der Waals surface area contributed by atoms with Gasteiger partial charge in [-0.3, -0.25) is 0 Å². The van der Waals surface area contributed by atoms with Crippen LogP contribution in [-0.4, -0.2) is 20.4 Å². The average Bonchev–Trinajstić information content (AvgIpc) is 3.16. The summed E-state index contributed by atoms with van der Waals surface area (Å²) in [7, 11) is 0. The molecule has 56 heavy (non-hydrogen) atoms. The van der Waals surface area contributed by atoms with Crippen molar-refractivity contribution in [1.29, 1.82) is 0 Å². The molecule has 2 fully saturated rings. The maximum atomic E-state index is 12.8. The second-order valence-corrected chi connectivity index (χ2v) is 19.6. The summed E-state index contributed by atoms with van der Waals surface area (Å²) in [4.78, 5) is 0. The summed E-state index contributed by atoms with van der Waals surface area (Å²) in [6.45, 7) is 21.3. The molecule has 6 rings (SSSR count). The lowest BCUT2D eigenvalue weighted by molar-refractivity contribution is 0.397. The van der Waals surface area contributed by atoms with E-state index in [1.54, 1.807) is 0 Å². The normalized spacial score (nSPS) is 16.3. The van der Waals surface area contributed by atoms with Crippen LogP contribution in [0.5, 0.6) is 23.0 Å². The highest BCUT2D eigenvalue weighted by Crippen LogP contribution is 2.57. The molecule has 0 amide bonds. The minimum absolute atomic E-state index is 0.211. The van der Waals surface area contributed by atoms with Crippen LogP contribution >= 0.6 is 0 Å². The number of benzene rings is 4. The lowest BCUT2D eigenvalue weighted by atomic mass is 9.68. The Morgan fingerprint density at radius 3 is 1.09 bits per heavy atom. The fourth-order valence-electron chi connectivity index (χ4n) is 10.1. The number of hydrogen-bond acceptors (Lipinski definition) is 4. The standard InChI is InChI=1S/C52H70O4/c1-11-33-27-41(49(55)43(29-33)51(5,6)7)46(42-28-34(12-2)30-44(50(42)56)52(8,9)10)45(39-25-31(3)23-37(47(39)53)35-19-15-13-16-20-35)40-26-32(4)24-38(48(40)54)36-21-17-14-18-22-36/h23-30,35-36,45-46,53-56H,11-22H2,1-10H3. The number of hydrogen-bond donors (Lipinski definition) is 4. The Labute approximate surface area is 338 Å². The van der Waals surface area contributed by atoms with Crippen LogP contribution in [0.4, 0.5) is 0 Å². The minimum atomic E-state index is -0.658. The van der Waals surface area contributed by atoms with E-state index in [9.17, 15) is 20.4 Å². The van der Waals surface area contributed by atoms with E-state index in [1.807, 2.05) is 0 Å². The summed E-state index contributed by atoms with van der Waals surface area (Å²) in [5.41, 5.74) is 10.1. The van der Waals surface area contributed by atoms with E-state index >= 15 is 0 Å². The van der Waals surface area contributed by atoms with Crippen molar-refractivity contribution in [2.45, 2.75) is 181 Å². The zero-order valence-corrected chi connectivity index (χ0v) is 36.2. The molecule has 4 heteroatoms. The van der Waals surface area contributed by atoms with Crippen LogP contribution in [0.3, 0.4) is 0 Å². The quantitative estimate of drug-likeness (QED) is 0.137. The van der Waals surface area contributed by atoms with Gasteiger partial charge in [0.05, 0.1) is 0 Å². The topological polar surface area (TPSA) is 80.9 Å². The number of phenols is 4. The molecule has 0 aliphatic heterocycles. The molecule has 2 aliphatic carbocycles. The van der Waals surface area contributed by atoms with Gasteiger partial charge in [0, 0.05) is 34.1 Å². The van der Waals surface area contributed by atoms with Crippen LogP contribution in [0, 0.1) is 13.8 Å². The molecular weight excluding hydrogens is 689 g/mol. The Kier molecular flexibility index (Phi) is 12.3.